The molecule has 1 aromatic heterocycles. The number of anilines is 1. The number of carbonyl (C=O) groups is 1. The average molecular weight is 358 g/mol. The highest BCUT2D eigenvalue weighted by molar-refractivity contribution is 8.27. The summed E-state index contributed by atoms with van der Waals surface area (Å²) in [6, 6.07) is 9.07. The number of rotatable bonds is 4. The lowest BCUT2D eigenvalue weighted by Gasteiger charge is -2.13. The molecular weight excluding hydrogens is 344 g/mol. The number of pyridine rings is 1. The summed E-state index contributed by atoms with van der Waals surface area (Å²) in [5.74, 6) is 1.00. The second-order valence-electron chi connectivity index (χ2n) is 4.81. The molecule has 0 radical (unpaired) electrons. The zero-order valence-corrected chi connectivity index (χ0v) is 14.7. The molecule has 7 heteroatoms. The van der Waals surface area contributed by atoms with Crippen LogP contribution in [0, 0.1) is 0 Å². The van der Waals surface area contributed by atoms with E-state index in [4.69, 9.17) is 21.7 Å². The van der Waals surface area contributed by atoms with Gasteiger partial charge < -0.3 is 9.47 Å². The van der Waals surface area contributed by atoms with Gasteiger partial charge in [0.1, 0.15) is 0 Å². The third-order valence-corrected chi connectivity index (χ3v) is 4.72. The highest BCUT2D eigenvalue weighted by atomic mass is 32.2. The summed E-state index contributed by atoms with van der Waals surface area (Å²) in [5, 5.41) is 0. The van der Waals surface area contributed by atoms with Crippen molar-refractivity contribution in [3.05, 3.63) is 53.2 Å². The minimum absolute atomic E-state index is 0.178. The standard InChI is InChI=1S/C17H14N2O3S2/c1-21-13-7-3-5-11(15(13)22-2)9-14-16(20)19(17(23)24-14)12-6-4-8-18-10-12/h3-10H,1-2H3. The van der Waals surface area contributed by atoms with E-state index < -0.39 is 0 Å². The lowest BCUT2D eigenvalue weighted by molar-refractivity contribution is -0.113. The van der Waals surface area contributed by atoms with Crippen LogP contribution in [0.4, 0.5) is 5.69 Å². The molecule has 2 heterocycles. The largest absolute Gasteiger partial charge is 0.493 e. The maximum atomic E-state index is 12.7. The first-order chi connectivity index (χ1) is 11.7. The number of ether oxygens (including phenoxy) is 2. The minimum Gasteiger partial charge on any atom is -0.493 e. The number of aromatic nitrogens is 1. The average Bonchev–Trinajstić information content (AvgIpc) is 2.89. The molecule has 1 amide bonds. The van der Waals surface area contributed by atoms with Gasteiger partial charge in [0.05, 0.1) is 31.0 Å². The Balaban J connectivity index is 1.98. The first-order valence-corrected chi connectivity index (χ1v) is 8.27. The molecule has 1 aliphatic heterocycles. The number of nitrogens with zero attached hydrogens (tertiary/aromatic N) is 2. The molecule has 0 spiro atoms. The van der Waals surface area contributed by atoms with Crippen LogP contribution in [0.2, 0.25) is 0 Å². The van der Waals surface area contributed by atoms with Crippen LogP contribution in [0.3, 0.4) is 0 Å². The van der Waals surface area contributed by atoms with Crippen LogP contribution in [0.1, 0.15) is 5.56 Å². The summed E-state index contributed by atoms with van der Waals surface area (Å²) in [6.07, 6.45) is 5.02. The third-order valence-electron chi connectivity index (χ3n) is 3.42. The number of para-hydroxylation sites is 1. The van der Waals surface area contributed by atoms with Gasteiger partial charge in [-0.05, 0) is 24.3 Å². The van der Waals surface area contributed by atoms with Gasteiger partial charge in [-0.2, -0.15) is 0 Å². The minimum atomic E-state index is -0.178. The van der Waals surface area contributed by atoms with Crippen LogP contribution in [0.5, 0.6) is 11.5 Å². The van der Waals surface area contributed by atoms with E-state index in [0.29, 0.717) is 26.4 Å². The van der Waals surface area contributed by atoms with E-state index in [2.05, 4.69) is 4.98 Å². The molecule has 24 heavy (non-hydrogen) atoms. The van der Waals surface area contributed by atoms with Gasteiger partial charge in [-0.1, -0.05) is 36.1 Å². The molecule has 0 bridgehead atoms. The lowest BCUT2D eigenvalue weighted by Crippen LogP contribution is -2.27. The van der Waals surface area contributed by atoms with E-state index in [1.54, 1.807) is 50.9 Å². The number of amides is 1. The van der Waals surface area contributed by atoms with Crippen molar-refractivity contribution in [1.82, 2.24) is 4.98 Å². The number of hydrogen-bond acceptors (Lipinski definition) is 6. The van der Waals surface area contributed by atoms with Crippen LogP contribution in [0.25, 0.3) is 6.08 Å². The Morgan fingerprint density at radius 1 is 1.21 bits per heavy atom. The number of hydrogen-bond donors (Lipinski definition) is 0. The second-order valence-corrected chi connectivity index (χ2v) is 6.49. The van der Waals surface area contributed by atoms with Crippen molar-refractivity contribution >= 4 is 46.0 Å². The van der Waals surface area contributed by atoms with Crippen molar-refractivity contribution in [2.45, 2.75) is 0 Å². The van der Waals surface area contributed by atoms with Crippen LogP contribution in [-0.2, 0) is 4.79 Å². The second kappa shape index (κ2) is 7.02. The molecule has 0 N–H and O–H groups in total. The van der Waals surface area contributed by atoms with Crippen molar-refractivity contribution in [3.63, 3.8) is 0 Å². The molecule has 3 rings (SSSR count). The Bertz CT molecular complexity index is 822. The molecule has 122 valence electrons. The first-order valence-electron chi connectivity index (χ1n) is 7.04. The number of carbonyl (C=O) groups excluding carboxylic acids is 1. The van der Waals surface area contributed by atoms with E-state index in [1.807, 2.05) is 12.1 Å². The Hall–Kier alpha value is -2.38. The fourth-order valence-corrected chi connectivity index (χ4v) is 3.63. The number of benzene rings is 1. The van der Waals surface area contributed by atoms with Crippen molar-refractivity contribution in [1.29, 1.82) is 0 Å². The molecule has 0 aliphatic carbocycles. The van der Waals surface area contributed by atoms with Gasteiger partial charge in [-0.3, -0.25) is 14.7 Å². The summed E-state index contributed by atoms with van der Waals surface area (Å²) in [7, 11) is 3.14. The van der Waals surface area contributed by atoms with Gasteiger partial charge in [0.25, 0.3) is 5.91 Å². The van der Waals surface area contributed by atoms with Crippen molar-refractivity contribution < 1.29 is 14.3 Å². The smallest absolute Gasteiger partial charge is 0.270 e. The molecule has 5 nitrogen and oxygen atoms in total. The van der Waals surface area contributed by atoms with E-state index >= 15 is 0 Å². The highest BCUT2D eigenvalue weighted by Gasteiger charge is 2.33. The Labute approximate surface area is 149 Å². The predicted molar refractivity (Wildman–Crippen MR) is 99.4 cm³/mol. The summed E-state index contributed by atoms with van der Waals surface area (Å²) < 4.78 is 11.2. The third kappa shape index (κ3) is 3.00. The van der Waals surface area contributed by atoms with Gasteiger partial charge >= 0.3 is 0 Å². The molecule has 1 fully saturated rings. The molecular formula is C17H14N2O3S2. The number of thioether (sulfide) groups is 1. The van der Waals surface area contributed by atoms with Gasteiger partial charge in [0.2, 0.25) is 0 Å². The Morgan fingerprint density at radius 2 is 2.04 bits per heavy atom. The Kier molecular flexibility index (Phi) is 4.82. The lowest BCUT2D eigenvalue weighted by atomic mass is 10.1. The summed E-state index contributed by atoms with van der Waals surface area (Å²) in [4.78, 5) is 18.8. The van der Waals surface area contributed by atoms with Gasteiger partial charge in [-0.25, -0.2) is 0 Å². The quantitative estimate of drug-likeness (QED) is 0.616. The monoisotopic (exact) mass is 358 g/mol. The number of methoxy groups -OCH3 is 2. The summed E-state index contributed by atoms with van der Waals surface area (Å²) in [5.41, 5.74) is 1.41. The maximum Gasteiger partial charge on any atom is 0.270 e. The zero-order valence-electron chi connectivity index (χ0n) is 13.1. The van der Waals surface area contributed by atoms with Gasteiger partial charge in [0, 0.05) is 11.8 Å². The van der Waals surface area contributed by atoms with Crippen molar-refractivity contribution in [2.24, 2.45) is 0 Å². The topological polar surface area (TPSA) is 51.7 Å². The van der Waals surface area contributed by atoms with Crippen molar-refractivity contribution in [3.8, 4) is 11.5 Å². The van der Waals surface area contributed by atoms with Gasteiger partial charge in [-0.15, -0.1) is 0 Å². The fourth-order valence-electron chi connectivity index (χ4n) is 2.34. The fraction of sp³-hybridized carbons (Fsp3) is 0.118. The van der Waals surface area contributed by atoms with Gasteiger partial charge in [0.15, 0.2) is 15.8 Å². The SMILES string of the molecule is COc1cccc(C=C2SC(=S)N(c3cccnc3)C2=O)c1OC. The number of thiocarbonyl (C=S) groups is 1. The molecule has 0 atom stereocenters. The molecule has 2 aromatic rings. The molecule has 1 aliphatic rings. The van der Waals surface area contributed by atoms with Crippen LogP contribution >= 0.6 is 24.0 Å². The molecule has 0 saturated carbocycles. The zero-order chi connectivity index (χ0) is 17.1. The van der Waals surface area contributed by atoms with E-state index in [0.717, 1.165) is 5.56 Å². The van der Waals surface area contributed by atoms with E-state index in [-0.39, 0.29) is 5.91 Å². The summed E-state index contributed by atoms with van der Waals surface area (Å²) >= 11 is 6.60. The van der Waals surface area contributed by atoms with Crippen LogP contribution in [-0.4, -0.2) is 29.4 Å². The Morgan fingerprint density at radius 3 is 2.71 bits per heavy atom. The van der Waals surface area contributed by atoms with E-state index in [1.165, 1.54) is 16.7 Å². The molecule has 0 unspecified atom stereocenters. The van der Waals surface area contributed by atoms with Crippen molar-refractivity contribution in [2.75, 3.05) is 19.1 Å². The molecule has 1 aromatic carbocycles. The van der Waals surface area contributed by atoms with Crippen LogP contribution < -0.4 is 14.4 Å². The first kappa shape index (κ1) is 16.5. The summed E-state index contributed by atoms with van der Waals surface area (Å²) in [6.45, 7) is 0. The maximum absolute atomic E-state index is 12.7. The normalized spacial score (nSPS) is 15.9. The van der Waals surface area contributed by atoms with Crippen LogP contribution in [0.15, 0.2) is 47.6 Å². The van der Waals surface area contributed by atoms with E-state index in [9.17, 15) is 4.79 Å². The highest BCUT2D eigenvalue weighted by Crippen LogP contribution is 2.38. The predicted octanol–water partition coefficient (Wildman–Crippen LogP) is 3.50. The molecule has 1 saturated heterocycles.